The average Bonchev–Trinajstić information content (AvgIpc) is 3.10. The lowest BCUT2D eigenvalue weighted by Crippen LogP contribution is -2.31. The molecule has 0 spiro atoms. The van der Waals surface area contributed by atoms with E-state index in [0.29, 0.717) is 11.7 Å². The van der Waals surface area contributed by atoms with Gasteiger partial charge in [-0.2, -0.15) is 0 Å². The summed E-state index contributed by atoms with van der Waals surface area (Å²) in [6.07, 6.45) is 0. The van der Waals surface area contributed by atoms with E-state index in [1.54, 1.807) is 4.90 Å². The van der Waals surface area contributed by atoms with Crippen LogP contribution in [0.4, 0.5) is 5.13 Å². The number of rotatable bonds is 5. The molecule has 0 saturated carbocycles. The van der Waals surface area contributed by atoms with Crippen molar-refractivity contribution in [2.45, 2.75) is 13.5 Å². The summed E-state index contributed by atoms with van der Waals surface area (Å²) in [6, 6.07) is 18.0. The van der Waals surface area contributed by atoms with E-state index in [4.69, 9.17) is 11.6 Å². The second kappa shape index (κ2) is 7.60. The Kier molecular flexibility index (Phi) is 5.28. The highest BCUT2D eigenvalue weighted by atomic mass is 35.5. The monoisotopic (exact) mass is 356 g/mol. The Morgan fingerprint density at radius 1 is 1.12 bits per heavy atom. The largest absolute Gasteiger partial charge is 0.283 e. The van der Waals surface area contributed by atoms with Crippen molar-refractivity contribution < 1.29 is 4.79 Å². The Morgan fingerprint density at radius 3 is 2.50 bits per heavy atom. The summed E-state index contributed by atoms with van der Waals surface area (Å²) in [5.74, 6) is -0.211. The first-order valence-corrected chi connectivity index (χ1v) is 9.01. The zero-order chi connectivity index (χ0) is 16.9. The van der Waals surface area contributed by atoms with Gasteiger partial charge < -0.3 is 0 Å². The maximum Gasteiger partial charge on any atom is 0.244 e. The molecule has 1 amide bonds. The van der Waals surface area contributed by atoms with Crippen LogP contribution in [0.5, 0.6) is 0 Å². The fraction of sp³-hybridized carbons (Fsp3) is 0.158. The zero-order valence-corrected chi connectivity index (χ0v) is 14.8. The minimum Gasteiger partial charge on any atom is -0.283 e. The number of thiazole rings is 1. The molecule has 0 aliphatic heterocycles. The predicted molar refractivity (Wildman–Crippen MR) is 101 cm³/mol. The van der Waals surface area contributed by atoms with Gasteiger partial charge in [0.1, 0.15) is 5.88 Å². The van der Waals surface area contributed by atoms with Crippen molar-refractivity contribution >= 4 is 34.0 Å². The molecule has 122 valence electrons. The van der Waals surface area contributed by atoms with Crippen LogP contribution in [0.2, 0.25) is 0 Å². The third kappa shape index (κ3) is 3.83. The number of amides is 1. The first-order valence-electron chi connectivity index (χ1n) is 7.60. The number of hydrogen-bond acceptors (Lipinski definition) is 3. The first-order chi connectivity index (χ1) is 11.7. The van der Waals surface area contributed by atoms with Gasteiger partial charge in [0.05, 0.1) is 12.2 Å². The van der Waals surface area contributed by atoms with Gasteiger partial charge in [-0.1, -0.05) is 60.2 Å². The molecule has 3 nitrogen and oxygen atoms in total. The molecule has 0 aliphatic rings. The molecule has 1 heterocycles. The number of anilines is 1. The average molecular weight is 357 g/mol. The van der Waals surface area contributed by atoms with E-state index in [-0.39, 0.29) is 11.8 Å². The van der Waals surface area contributed by atoms with E-state index in [1.807, 2.05) is 47.8 Å². The van der Waals surface area contributed by atoms with Gasteiger partial charge in [0.2, 0.25) is 5.91 Å². The minimum absolute atomic E-state index is 0.0632. The Hall–Kier alpha value is -2.17. The number of halogens is 1. The Bertz CT molecular complexity index is 815. The van der Waals surface area contributed by atoms with Crippen LogP contribution in [0.3, 0.4) is 0 Å². The summed E-state index contributed by atoms with van der Waals surface area (Å²) in [6.45, 7) is 2.52. The molecule has 2 aromatic carbocycles. The Balaban J connectivity index is 1.88. The molecule has 0 radical (unpaired) electrons. The smallest absolute Gasteiger partial charge is 0.244 e. The molecule has 0 atom stereocenters. The number of aryl methyl sites for hydroxylation is 1. The van der Waals surface area contributed by atoms with E-state index >= 15 is 0 Å². The van der Waals surface area contributed by atoms with Gasteiger partial charge in [0.25, 0.3) is 0 Å². The lowest BCUT2D eigenvalue weighted by molar-refractivity contribution is -0.116. The van der Waals surface area contributed by atoms with E-state index < -0.39 is 0 Å². The van der Waals surface area contributed by atoms with Crippen LogP contribution in [0.15, 0.2) is 60.0 Å². The van der Waals surface area contributed by atoms with Gasteiger partial charge in [-0.05, 0) is 12.5 Å². The van der Waals surface area contributed by atoms with Crippen LogP contribution in [0, 0.1) is 6.92 Å². The van der Waals surface area contributed by atoms with Crippen molar-refractivity contribution in [2.75, 3.05) is 10.8 Å². The number of benzene rings is 2. The van der Waals surface area contributed by atoms with Crippen LogP contribution in [0.1, 0.15) is 11.1 Å². The number of aromatic nitrogens is 1. The van der Waals surface area contributed by atoms with Crippen molar-refractivity contribution in [1.29, 1.82) is 0 Å². The van der Waals surface area contributed by atoms with E-state index in [0.717, 1.165) is 16.8 Å². The summed E-state index contributed by atoms with van der Waals surface area (Å²) < 4.78 is 0. The summed E-state index contributed by atoms with van der Waals surface area (Å²) >= 11 is 7.24. The SMILES string of the molecule is Cc1ccc(-c2csc(N(Cc3ccccc3)C(=O)CCl)n2)cc1. The van der Waals surface area contributed by atoms with Gasteiger partial charge in [-0.25, -0.2) is 4.98 Å². The van der Waals surface area contributed by atoms with Gasteiger partial charge in [-0.3, -0.25) is 9.69 Å². The van der Waals surface area contributed by atoms with Crippen molar-refractivity contribution in [1.82, 2.24) is 4.98 Å². The molecule has 0 bridgehead atoms. The molecule has 1 aromatic heterocycles. The summed E-state index contributed by atoms with van der Waals surface area (Å²) in [5.41, 5.74) is 4.16. The number of nitrogens with zero attached hydrogens (tertiary/aromatic N) is 2. The van der Waals surface area contributed by atoms with Gasteiger partial charge in [-0.15, -0.1) is 22.9 Å². The Labute approximate surface area is 150 Å². The molecule has 0 fully saturated rings. The van der Waals surface area contributed by atoms with Crippen molar-refractivity contribution in [3.63, 3.8) is 0 Å². The fourth-order valence-corrected chi connectivity index (χ4v) is 3.34. The number of alkyl halides is 1. The molecule has 24 heavy (non-hydrogen) atoms. The molecule has 0 saturated heterocycles. The molecule has 3 rings (SSSR count). The first kappa shape index (κ1) is 16.7. The zero-order valence-electron chi connectivity index (χ0n) is 13.3. The Morgan fingerprint density at radius 2 is 1.83 bits per heavy atom. The van der Waals surface area contributed by atoms with Crippen LogP contribution < -0.4 is 4.90 Å². The third-order valence-electron chi connectivity index (χ3n) is 3.67. The van der Waals surface area contributed by atoms with Crippen LogP contribution in [-0.4, -0.2) is 16.8 Å². The van der Waals surface area contributed by atoms with Crippen LogP contribution >= 0.6 is 22.9 Å². The molecular weight excluding hydrogens is 340 g/mol. The van der Waals surface area contributed by atoms with Gasteiger partial charge in [0.15, 0.2) is 5.13 Å². The van der Waals surface area contributed by atoms with Crippen molar-refractivity contribution in [3.05, 3.63) is 71.1 Å². The number of carbonyl (C=O) groups excluding carboxylic acids is 1. The molecule has 0 unspecified atom stereocenters. The van der Waals surface area contributed by atoms with Gasteiger partial charge in [0, 0.05) is 10.9 Å². The summed E-state index contributed by atoms with van der Waals surface area (Å²) in [7, 11) is 0. The molecule has 0 N–H and O–H groups in total. The number of hydrogen-bond donors (Lipinski definition) is 0. The lowest BCUT2D eigenvalue weighted by atomic mass is 10.1. The molecule has 5 heteroatoms. The van der Waals surface area contributed by atoms with Gasteiger partial charge >= 0.3 is 0 Å². The van der Waals surface area contributed by atoms with E-state index in [9.17, 15) is 4.79 Å². The predicted octanol–water partition coefficient (Wildman–Crippen LogP) is 4.89. The highest BCUT2D eigenvalue weighted by Gasteiger charge is 2.19. The summed E-state index contributed by atoms with van der Waals surface area (Å²) in [5, 5.41) is 2.64. The van der Waals surface area contributed by atoms with E-state index in [2.05, 4.69) is 24.0 Å². The van der Waals surface area contributed by atoms with Crippen LogP contribution in [0.25, 0.3) is 11.3 Å². The molecule has 3 aromatic rings. The normalized spacial score (nSPS) is 10.6. The third-order valence-corrected chi connectivity index (χ3v) is 4.76. The summed E-state index contributed by atoms with van der Waals surface area (Å²) in [4.78, 5) is 18.6. The van der Waals surface area contributed by atoms with Crippen molar-refractivity contribution in [2.24, 2.45) is 0 Å². The maximum absolute atomic E-state index is 12.3. The molecule has 0 aliphatic carbocycles. The number of carbonyl (C=O) groups is 1. The van der Waals surface area contributed by atoms with Crippen LogP contribution in [-0.2, 0) is 11.3 Å². The topological polar surface area (TPSA) is 33.2 Å². The quantitative estimate of drug-likeness (QED) is 0.610. The highest BCUT2D eigenvalue weighted by molar-refractivity contribution is 7.14. The highest BCUT2D eigenvalue weighted by Crippen LogP contribution is 2.29. The lowest BCUT2D eigenvalue weighted by Gasteiger charge is -2.18. The fourth-order valence-electron chi connectivity index (χ4n) is 2.35. The second-order valence-electron chi connectivity index (χ2n) is 5.48. The minimum atomic E-state index is -0.148. The standard InChI is InChI=1S/C19H17ClN2OS/c1-14-7-9-16(10-8-14)17-13-24-19(21-17)22(18(23)11-20)12-15-5-3-2-4-6-15/h2-10,13H,11-12H2,1H3. The maximum atomic E-state index is 12.3. The van der Waals surface area contributed by atoms with E-state index in [1.165, 1.54) is 16.9 Å². The molecular formula is C19H17ClN2OS. The second-order valence-corrected chi connectivity index (χ2v) is 6.58. The van der Waals surface area contributed by atoms with Crippen molar-refractivity contribution in [3.8, 4) is 11.3 Å².